The summed E-state index contributed by atoms with van der Waals surface area (Å²) in [6.07, 6.45) is 2.10. The van der Waals surface area contributed by atoms with Gasteiger partial charge in [0.2, 0.25) is 5.91 Å². The molecule has 0 bridgehead atoms. The lowest BCUT2D eigenvalue weighted by Crippen LogP contribution is -2.43. The molecule has 31 heavy (non-hydrogen) atoms. The number of rotatable bonds is 5. The second-order valence-electron chi connectivity index (χ2n) is 8.01. The Labute approximate surface area is 191 Å². The fourth-order valence-electron chi connectivity index (χ4n) is 4.27. The normalized spacial score (nSPS) is 14.7. The molecule has 2 heterocycles. The summed E-state index contributed by atoms with van der Waals surface area (Å²) in [4.78, 5) is 30.5. The molecule has 0 atom stereocenters. The monoisotopic (exact) mass is 457 g/mol. The number of likely N-dealkylation sites (tertiary alicyclic amines) is 1. The number of carbonyl (C=O) groups is 2. The predicted octanol–water partition coefficient (Wildman–Crippen LogP) is 4.99. The maximum absolute atomic E-state index is 12.7. The summed E-state index contributed by atoms with van der Waals surface area (Å²) in [5.74, 6) is -0.0757. The number of nitrogens with one attached hydrogen (secondary N) is 2. The lowest BCUT2D eigenvalue weighted by Gasteiger charge is -2.31. The van der Waals surface area contributed by atoms with Gasteiger partial charge in [-0.1, -0.05) is 41.4 Å². The number of hydrogen-bond donors (Lipinski definition) is 2. The molecule has 7 heteroatoms. The van der Waals surface area contributed by atoms with E-state index in [1.54, 1.807) is 23.1 Å². The Kier molecular flexibility index (Phi) is 6.54. The van der Waals surface area contributed by atoms with Crippen LogP contribution in [0, 0.1) is 12.8 Å². The van der Waals surface area contributed by atoms with E-state index < -0.39 is 0 Å². The van der Waals surface area contributed by atoms with Crippen LogP contribution in [0.2, 0.25) is 10.0 Å². The number of para-hydroxylation sites is 1. The molecule has 1 fully saturated rings. The summed E-state index contributed by atoms with van der Waals surface area (Å²) in [5.41, 5.74) is 4.04. The van der Waals surface area contributed by atoms with Crippen molar-refractivity contribution in [3.05, 3.63) is 69.3 Å². The average molecular weight is 458 g/mol. The van der Waals surface area contributed by atoms with E-state index in [4.69, 9.17) is 23.2 Å². The number of carbonyl (C=O) groups excluding carboxylic acids is 2. The van der Waals surface area contributed by atoms with Crippen molar-refractivity contribution >= 4 is 45.9 Å². The molecule has 2 N–H and O–H groups in total. The fourth-order valence-corrected chi connectivity index (χ4v) is 4.57. The Morgan fingerprint density at radius 1 is 1.10 bits per heavy atom. The van der Waals surface area contributed by atoms with E-state index in [-0.39, 0.29) is 17.7 Å². The topological polar surface area (TPSA) is 65.2 Å². The van der Waals surface area contributed by atoms with Crippen LogP contribution in [0.25, 0.3) is 10.9 Å². The molecule has 0 spiro atoms. The first-order valence-corrected chi connectivity index (χ1v) is 11.3. The Bertz CT molecular complexity index is 1120. The Balaban J connectivity index is 1.28. The highest BCUT2D eigenvalue weighted by Crippen LogP contribution is 2.25. The van der Waals surface area contributed by atoms with E-state index in [1.807, 2.05) is 12.1 Å². The van der Waals surface area contributed by atoms with Crippen LogP contribution in [0.3, 0.4) is 0 Å². The van der Waals surface area contributed by atoms with Gasteiger partial charge in [-0.25, -0.2) is 0 Å². The van der Waals surface area contributed by atoms with Gasteiger partial charge < -0.3 is 15.2 Å². The van der Waals surface area contributed by atoms with Crippen LogP contribution in [0.15, 0.2) is 42.5 Å². The molecule has 162 valence electrons. The van der Waals surface area contributed by atoms with Gasteiger partial charge in [0.15, 0.2) is 0 Å². The number of nitrogens with zero attached hydrogens (tertiary/aromatic N) is 1. The number of benzene rings is 2. The van der Waals surface area contributed by atoms with E-state index >= 15 is 0 Å². The van der Waals surface area contributed by atoms with Gasteiger partial charge in [-0.05, 0) is 56.0 Å². The number of amides is 2. The molecule has 0 saturated carbocycles. The third kappa shape index (κ3) is 4.73. The second kappa shape index (κ2) is 9.33. The van der Waals surface area contributed by atoms with Gasteiger partial charge in [-0.3, -0.25) is 9.59 Å². The maximum atomic E-state index is 12.7. The zero-order valence-electron chi connectivity index (χ0n) is 17.4. The quantitative estimate of drug-likeness (QED) is 0.566. The summed E-state index contributed by atoms with van der Waals surface area (Å²) >= 11 is 12.0. The molecular weight excluding hydrogens is 433 g/mol. The summed E-state index contributed by atoms with van der Waals surface area (Å²) in [6, 6.07) is 13.1. The van der Waals surface area contributed by atoms with Crippen LogP contribution < -0.4 is 5.32 Å². The van der Waals surface area contributed by atoms with Gasteiger partial charge in [0, 0.05) is 47.7 Å². The molecule has 1 aromatic heterocycles. The highest BCUT2D eigenvalue weighted by Gasteiger charge is 2.28. The van der Waals surface area contributed by atoms with Crippen LogP contribution in [0.5, 0.6) is 0 Å². The molecular formula is C24H25Cl2N3O2. The summed E-state index contributed by atoms with van der Waals surface area (Å²) in [6.45, 7) is 3.78. The molecule has 1 aliphatic rings. The van der Waals surface area contributed by atoms with Crippen molar-refractivity contribution in [2.45, 2.75) is 26.2 Å². The van der Waals surface area contributed by atoms with Crippen molar-refractivity contribution in [2.75, 3.05) is 19.6 Å². The number of piperidine rings is 1. The molecule has 1 saturated heterocycles. The largest absolute Gasteiger partial charge is 0.358 e. The number of aryl methyl sites for hydroxylation is 1. The summed E-state index contributed by atoms with van der Waals surface area (Å²) in [7, 11) is 0. The number of aromatic amines is 1. The molecule has 5 nitrogen and oxygen atoms in total. The predicted molar refractivity (Wildman–Crippen MR) is 125 cm³/mol. The van der Waals surface area contributed by atoms with Gasteiger partial charge in [-0.15, -0.1) is 0 Å². The SMILES string of the molecule is Cc1[nH]c2ccccc2c1CCNC(=O)C1CCN(C(=O)c2ccc(Cl)c(Cl)c2)CC1. The minimum atomic E-state index is -0.0766. The van der Waals surface area contributed by atoms with Crippen molar-refractivity contribution in [1.29, 1.82) is 0 Å². The van der Waals surface area contributed by atoms with E-state index in [0.717, 1.165) is 17.6 Å². The summed E-state index contributed by atoms with van der Waals surface area (Å²) in [5, 5.41) is 5.09. The van der Waals surface area contributed by atoms with Crippen molar-refractivity contribution < 1.29 is 9.59 Å². The average Bonchev–Trinajstić information content (AvgIpc) is 3.10. The summed E-state index contributed by atoms with van der Waals surface area (Å²) < 4.78 is 0. The van der Waals surface area contributed by atoms with Gasteiger partial charge in [0.1, 0.15) is 0 Å². The van der Waals surface area contributed by atoms with Gasteiger partial charge >= 0.3 is 0 Å². The molecule has 2 aromatic carbocycles. The maximum Gasteiger partial charge on any atom is 0.253 e. The van der Waals surface area contributed by atoms with E-state index in [9.17, 15) is 9.59 Å². The standard InChI is InChI=1S/C24H25Cl2N3O2/c1-15-18(19-4-2-3-5-22(19)28-15)8-11-27-23(30)16-9-12-29(13-10-16)24(31)17-6-7-20(25)21(26)14-17/h2-7,14,16,28H,8-13H2,1H3,(H,27,30). The zero-order valence-corrected chi connectivity index (χ0v) is 18.9. The van der Waals surface area contributed by atoms with Crippen LogP contribution >= 0.6 is 23.2 Å². The highest BCUT2D eigenvalue weighted by atomic mass is 35.5. The number of halogens is 2. The van der Waals surface area contributed by atoms with Crippen LogP contribution in [-0.4, -0.2) is 41.3 Å². The molecule has 4 rings (SSSR count). The molecule has 1 aliphatic heterocycles. The van der Waals surface area contributed by atoms with E-state index in [2.05, 4.69) is 29.4 Å². The molecule has 0 aliphatic carbocycles. The molecule has 3 aromatic rings. The number of H-pyrrole nitrogens is 1. The third-order valence-corrected chi connectivity index (χ3v) is 6.76. The Morgan fingerprint density at radius 2 is 1.84 bits per heavy atom. The first kappa shape index (κ1) is 21.7. The smallest absolute Gasteiger partial charge is 0.253 e. The molecule has 2 amide bonds. The van der Waals surface area contributed by atoms with Crippen LogP contribution in [0.4, 0.5) is 0 Å². The molecule has 0 radical (unpaired) electrons. The van der Waals surface area contributed by atoms with Crippen molar-refractivity contribution in [1.82, 2.24) is 15.2 Å². The molecule has 0 unspecified atom stereocenters. The third-order valence-electron chi connectivity index (χ3n) is 6.02. The Hall–Kier alpha value is -2.50. The highest BCUT2D eigenvalue weighted by molar-refractivity contribution is 6.42. The first-order chi connectivity index (χ1) is 14.9. The number of fused-ring (bicyclic) bond motifs is 1. The number of aromatic nitrogens is 1. The number of hydrogen-bond acceptors (Lipinski definition) is 2. The zero-order chi connectivity index (χ0) is 22.0. The van der Waals surface area contributed by atoms with E-state index in [1.165, 1.54) is 10.9 Å². The van der Waals surface area contributed by atoms with E-state index in [0.29, 0.717) is 48.1 Å². The second-order valence-corrected chi connectivity index (χ2v) is 8.82. The first-order valence-electron chi connectivity index (χ1n) is 10.5. The van der Waals surface area contributed by atoms with Crippen molar-refractivity contribution in [3.8, 4) is 0 Å². The van der Waals surface area contributed by atoms with Crippen LogP contribution in [0.1, 0.15) is 34.5 Å². The van der Waals surface area contributed by atoms with Crippen molar-refractivity contribution in [3.63, 3.8) is 0 Å². The fraction of sp³-hybridized carbons (Fsp3) is 0.333. The van der Waals surface area contributed by atoms with Crippen LogP contribution in [-0.2, 0) is 11.2 Å². The minimum absolute atomic E-state index is 0.0677. The van der Waals surface area contributed by atoms with Gasteiger partial charge in [-0.2, -0.15) is 0 Å². The lowest BCUT2D eigenvalue weighted by molar-refractivity contribution is -0.126. The minimum Gasteiger partial charge on any atom is -0.358 e. The lowest BCUT2D eigenvalue weighted by atomic mass is 9.95. The van der Waals surface area contributed by atoms with Crippen molar-refractivity contribution in [2.24, 2.45) is 5.92 Å². The van der Waals surface area contributed by atoms with Gasteiger partial charge in [0.25, 0.3) is 5.91 Å². The Morgan fingerprint density at radius 3 is 2.58 bits per heavy atom. The van der Waals surface area contributed by atoms with Gasteiger partial charge in [0.05, 0.1) is 10.0 Å².